The molecule has 1 aliphatic carbocycles. The molecule has 776 valence electrons. The van der Waals surface area contributed by atoms with Gasteiger partial charge in [-0.3, -0.25) is 28.8 Å². The van der Waals surface area contributed by atoms with Crippen LogP contribution >= 0.6 is 0 Å². The Bertz CT molecular complexity index is 3940. The molecule has 18 rings (SSSR count). The third kappa shape index (κ3) is 28.3. The highest BCUT2D eigenvalue weighted by Gasteiger charge is 2.64. The van der Waals surface area contributed by atoms with Gasteiger partial charge < -0.3 is 152 Å². The van der Waals surface area contributed by atoms with E-state index in [-0.39, 0.29) is 178 Å². The SMILES string of the molecule is C.CC(C)CC1(C)OCC(C2OC3CCC(=O)OCCCOC(=O)CCC4OCC(O4)C2O3)O1.CC1(C)OCC(C2OC3(C)CCC(=O)OC4CCC(CC4)OC(=O)CCC4(C)OCC(O4)C2O3)O1.CCC1(C)OCC(C2OC3(C)OC2C2COC(C)(O2)C(=O)OCCOC3=O)O1.CCCCCCC1(CC)OCC(C2OC3(C)CCC(=O)OCCCCOC(=O)CCC4(C)OCC(O4)C2O3)O1. The number of carbonyl (C=O) groups is 8. The highest BCUT2D eigenvalue weighted by molar-refractivity contribution is 5.79. The number of hydrogen-bond acceptors (Lipinski definition) is 40. The molecule has 18 fully saturated rings. The van der Waals surface area contributed by atoms with E-state index < -0.39 is 156 Å². The van der Waals surface area contributed by atoms with Gasteiger partial charge in [-0.1, -0.05) is 61.3 Å². The number of hydrogen-bond donors (Lipinski definition) is 0. The molecule has 1 saturated carbocycles. The smallest absolute Gasteiger partial charge is 0.366 e. The molecule has 40 nitrogen and oxygen atoms in total. The quantitative estimate of drug-likeness (QED) is 0.0939. The maximum atomic E-state index is 12.6. The Labute approximate surface area is 797 Å². The van der Waals surface area contributed by atoms with Gasteiger partial charge >= 0.3 is 47.8 Å². The van der Waals surface area contributed by atoms with Crippen molar-refractivity contribution in [3.05, 3.63) is 0 Å². The fourth-order valence-electron chi connectivity index (χ4n) is 20.0. The Morgan fingerprint density at radius 3 is 1.23 bits per heavy atom. The number of fused-ring (bicyclic) bond motifs is 23. The van der Waals surface area contributed by atoms with Crippen LogP contribution in [0.2, 0.25) is 0 Å². The summed E-state index contributed by atoms with van der Waals surface area (Å²) in [5.41, 5.74) is 0. The van der Waals surface area contributed by atoms with Crippen molar-refractivity contribution < 1.29 is 190 Å². The Kier molecular flexibility index (Phi) is 37.1. The Hall–Kier alpha value is -5.20. The second-order valence-corrected chi connectivity index (χ2v) is 40.1. The lowest BCUT2D eigenvalue weighted by Gasteiger charge is -2.30. The largest absolute Gasteiger partial charge is 0.466 e. The lowest BCUT2D eigenvalue weighted by molar-refractivity contribution is -0.226. The lowest BCUT2D eigenvalue weighted by atomic mass is 9.95. The maximum absolute atomic E-state index is 12.6. The summed E-state index contributed by atoms with van der Waals surface area (Å²) in [5.74, 6) is -12.7. The van der Waals surface area contributed by atoms with Gasteiger partial charge in [0.1, 0.15) is 123 Å². The summed E-state index contributed by atoms with van der Waals surface area (Å²) < 4.78 is 190. The van der Waals surface area contributed by atoms with E-state index in [1.165, 1.54) is 26.7 Å². The predicted molar refractivity (Wildman–Crippen MR) is 466 cm³/mol. The zero-order valence-corrected chi connectivity index (χ0v) is 81.4. The second kappa shape index (κ2) is 46.7. The van der Waals surface area contributed by atoms with Gasteiger partial charge in [0.15, 0.2) is 58.9 Å². The molecule has 0 aromatic heterocycles. The number of carbonyl (C=O) groups excluding carboxylic acids is 8. The van der Waals surface area contributed by atoms with Crippen molar-refractivity contribution in [1.29, 1.82) is 0 Å². The van der Waals surface area contributed by atoms with Crippen molar-refractivity contribution in [3.8, 4) is 0 Å². The number of ether oxygens (including phenoxy) is 32. The topological polar surface area (TPSA) is 432 Å². The molecule has 0 spiro atoms. The zero-order chi connectivity index (χ0) is 96.4. The molecule has 40 heteroatoms. The van der Waals surface area contributed by atoms with Gasteiger partial charge in [0, 0.05) is 71.6 Å². The monoisotopic (exact) mass is 1940 g/mol. The first-order chi connectivity index (χ1) is 64.2. The standard InChI is InChI=1S/C29H48O10.C25H38O10.C23H36O10.C18H26O10.CH4/c1-5-7-8-9-14-29(6-2)35-20-22(37-29)26-25-21-19-34-27(3,36-21)15-12-23(30)32-17-10-11-18-33-24(31)13-16-28(4,38-25)39-26;1-23(2)28-13-17(32-23)21-22-18-14-29-24(3,33-18)11-9-19(26)30-15-5-7-16(8-6-15)31-20(27)10-12-25(4,34-21)35-22;1-14(2)11-23(3)29-13-16(33-23)22-21-15-12-28-19(30-15)7-5-17(24)26-9-4-10-27-18(25)6-8-20(31-21)32-22;1-5-16(2)23-8-10(25-16)12-13-11-9-24-17(3,26-11)14(19)21-6-7-22-15(20)18(4,27-12)28-13;/h21-22,25-26H,5-20H2,1-4H3;15-18,21-22H,5-14H2,1-4H3;14-16,19-22H,4-13H2,1-3H3;10-13H,5-9H2,1-4H3;1H4. The normalized spacial score (nSPS) is 43.8. The molecule has 0 aromatic rings. The second-order valence-electron chi connectivity index (χ2n) is 40.1. The van der Waals surface area contributed by atoms with Crippen LogP contribution in [0.3, 0.4) is 0 Å². The van der Waals surface area contributed by atoms with Crippen molar-refractivity contribution in [1.82, 2.24) is 0 Å². The third-order valence-corrected chi connectivity index (χ3v) is 27.6. The van der Waals surface area contributed by atoms with Crippen LogP contribution in [0.1, 0.15) is 285 Å². The molecular formula is C96H152O40. The molecule has 0 amide bonds. The van der Waals surface area contributed by atoms with Crippen LogP contribution in [-0.2, 0) is 190 Å². The van der Waals surface area contributed by atoms with Crippen LogP contribution in [0.15, 0.2) is 0 Å². The average Bonchev–Trinajstić information content (AvgIpc) is 1.59. The first-order valence-corrected chi connectivity index (χ1v) is 49.4. The van der Waals surface area contributed by atoms with Crippen molar-refractivity contribution in [2.75, 3.05) is 92.5 Å². The molecule has 0 radical (unpaired) electrons. The summed E-state index contributed by atoms with van der Waals surface area (Å²) in [6, 6.07) is 0. The third-order valence-electron chi connectivity index (χ3n) is 27.6. The van der Waals surface area contributed by atoms with Gasteiger partial charge in [0.2, 0.25) is 0 Å². The Morgan fingerprint density at radius 1 is 0.316 bits per heavy atom. The zero-order valence-electron chi connectivity index (χ0n) is 81.4. The Morgan fingerprint density at radius 2 is 0.728 bits per heavy atom. The summed E-state index contributed by atoms with van der Waals surface area (Å²) in [4.78, 5) is 98.7. The van der Waals surface area contributed by atoms with Gasteiger partial charge in [-0.25, -0.2) is 9.59 Å². The van der Waals surface area contributed by atoms with Crippen LogP contribution in [-0.4, -0.2) is 321 Å². The van der Waals surface area contributed by atoms with E-state index in [1.807, 2.05) is 62.3 Å². The van der Waals surface area contributed by atoms with Gasteiger partial charge in [-0.2, -0.15) is 0 Å². The maximum Gasteiger partial charge on any atom is 0.366 e. The van der Waals surface area contributed by atoms with Crippen LogP contribution < -0.4 is 0 Å². The highest BCUT2D eigenvalue weighted by Crippen LogP contribution is 2.49. The van der Waals surface area contributed by atoms with Gasteiger partial charge in [-0.05, 0) is 119 Å². The molecule has 27 unspecified atom stereocenters. The Balaban J connectivity index is 0.000000154. The van der Waals surface area contributed by atoms with Crippen LogP contribution in [0.4, 0.5) is 0 Å². The molecular weight excluding hydrogens is 1790 g/mol. The van der Waals surface area contributed by atoms with E-state index >= 15 is 0 Å². The molecule has 136 heavy (non-hydrogen) atoms. The van der Waals surface area contributed by atoms with E-state index in [2.05, 4.69) is 27.7 Å². The molecule has 0 N–H and O–H groups in total. The van der Waals surface area contributed by atoms with Crippen molar-refractivity contribution >= 4 is 47.8 Å². The van der Waals surface area contributed by atoms with Gasteiger partial charge in [0.25, 0.3) is 11.6 Å². The summed E-state index contributed by atoms with van der Waals surface area (Å²) in [6.07, 6.45) is 6.04. The summed E-state index contributed by atoms with van der Waals surface area (Å²) >= 11 is 0. The van der Waals surface area contributed by atoms with E-state index in [4.69, 9.17) is 152 Å². The van der Waals surface area contributed by atoms with Crippen molar-refractivity contribution in [3.63, 3.8) is 0 Å². The molecule has 0 aromatic carbocycles. The van der Waals surface area contributed by atoms with Crippen LogP contribution in [0.25, 0.3) is 0 Å². The van der Waals surface area contributed by atoms with E-state index in [0.29, 0.717) is 129 Å². The number of unbranched alkanes of at least 4 members (excludes halogenated alkanes) is 3. The fraction of sp³-hybridized carbons (Fsp3) is 0.917. The van der Waals surface area contributed by atoms with Gasteiger partial charge in [-0.15, -0.1) is 0 Å². The summed E-state index contributed by atoms with van der Waals surface area (Å²) in [5, 5.41) is 0. The van der Waals surface area contributed by atoms with E-state index in [0.717, 1.165) is 32.1 Å². The minimum absolute atomic E-state index is 0. The molecule has 18 aliphatic rings. The molecule has 17 aliphatic heterocycles. The van der Waals surface area contributed by atoms with Crippen molar-refractivity contribution in [2.45, 2.75) is 465 Å². The minimum Gasteiger partial charge on any atom is -0.466 e. The molecule has 17 saturated heterocycles. The predicted octanol–water partition coefficient (Wildman–Crippen LogP) is 10.3. The minimum atomic E-state index is -1.64. The number of rotatable bonds is 13. The number of esters is 8. The summed E-state index contributed by atoms with van der Waals surface area (Å²) in [7, 11) is 0. The first-order valence-electron chi connectivity index (χ1n) is 49.4. The number of cyclic esters (lactones) is 6. The van der Waals surface area contributed by atoms with Gasteiger partial charge in [0.05, 0.1) is 118 Å². The summed E-state index contributed by atoms with van der Waals surface area (Å²) in [6.45, 7) is 31.4. The van der Waals surface area contributed by atoms with Crippen LogP contribution in [0.5, 0.6) is 0 Å². The highest BCUT2D eigenvalue weighted by atomic mass is 16.9. The molecule has 17 heterocycles. The van der Waals surface area contributed by atoms with E-state index in [9.17, 15) is 38.4 Å². The molecule has 18 bridgehead atoms. The van der Waals surface area contributed by atoms with Crippen molar-refractivity contribution in [2.24, 2.45) is 5.92 Å². The average molecular weight is 1950 g/mol. The fourth-order valence-corrected chi connectivity index (χ4v) is 20.0. The molecule has 27 atom stereocenters. The first kappa shape index (κ1) is 108. The van der Waals surface area contributed by atoms with Crippen LogP contribution in [0, 0.1) is 5.92 Å². The lowest BCUT2D eigenvalue weighted by Crippen LogP contribution is -2.47. The van der Waals surface area contributed by atoms with E-state index in [1.54, 1.807) is 0 Å².